The normalized spacial score (nSPS) is 10.7. The van der Waals surface area contributed by atoms with Crippen molar-refractivity contribution in [3.05, 3.63) is 77.9 Å². The van der Waals surface area contributed by atoms with Gasteiger partial charge in [0.1, 0.15) is 4.90 Å². The Morgan fingerprint density at radius 2 is 1.07 bits per heavy atom. The lowest BCUT2D eigenvalue weighted by atomic mass is 9.99. The second-order valence-corrected chi connectivity index (χ2v) is 7.92. The van der Waals surface area contributed by atoms with Crippen LogP contribution in [0.5, 0.6) is 0 Å². The van der Waals surface area contributed by atoms with Gasteiger partial charge < -0.3 is 0 Å². The molecule has 0 fully saturated rings. The summed E-state index contributed by atoms with van der Waals surface area (Å²) in [4.78, 5) is -0.0643. The van der Waals surface area contributed by atoms with Gasteiger partial charge in [0.15, 0.2) is 0 Å². The third-order valence-electron chi connectivity index (χ3n) is 4.00. The van der Waals surface area contributed by atoms with Crippen molar-refractivity contribution in [1.29, 1.82) is 0 Å². The molecule has 0 bridgehead atoms. The van der Waals surface area contributed by atoms with Crippen molar-refractivity contribution in [2.75, 3.05) is 0 Å². The highest BCUT2D eigenvalue weighted by atomic mass is 32.2. The second-order valence-electron chi connectivity index (χ2n) is 6.12. The summed E-state index contributed by atoms with van der Waals surface area (Å²) in [5.74, 6) is 0. The molecule has 3 aromatic carbocycles. The number of benzene rings is 3. The average Bonchev–Trinajstić information content (AvgIpc) is 2.61. The van der Waals surface area contributed by atoms with E-state index in [2.05, 4.69) is 24.3 Å². The van der Waals surface area contributed by atoms with Gasteiger partial charge in [-0.05, 0) is 42.2 Å². The molecular formula is C20H18O6S2. The fourth-order valence-corrected chi connectivity index (χ4v) is 3.47. The van der Waals surface area contributed by atoms with Crippen LogP contribution in [0.2, 0.25) is 0 Å². The first-order valence-corrected chi connectivity index (χ1v) is 10.5. The number of hydrogen-bond donors (Lipinski definition) is 1. The lowest BCUT2D eigenvalue weighted by molar-refractivity contribution is 0.483. The maximum absolute atomic E-state index is 11.7. The monoisotopic (exact) mass is 418 g/mol. The summed E-state index contributed by atoms with van der Waals surface area (Å²) < 4.78 is 58.1. The van der Waals surface area contributed by atoms with Crippen molar-refractivity contribution in [3.8, 4) is 22.3 Å². The largest absolute Gasteiger partial charge is 0.425 e. The minimum Gasteiger partial charge on any atom is -0.282 e. The van der Waals surface area contributed by atoms with Crippen LogP contribution in [0.4, 0.5) is 0 Å². The van der Waals surface area contributed by atoms with Crippen LogP contribution in [0.25, 0.3) is 22.3 Å². The highest BCUT2D eigenvalue weighted by molar-refractivity contribution is 7.86. The predicted molar refractivity (Wildman–Crippen MR) is 106 cm³/mol. The highest BCUT2D eigenvalue weighted by Crippen LogP contribution is 2.30. The summed E-state index contributed by atoms with van der Waals surface area (Å²) >= 11 is 0. The Kier molecular flexibility index (Phi) is 6.85. The molecule has 8 heteroatoms. The molecule has 0 saturated carbocycles. The number of aryl methyl sites for hydroxylation is 2. The molecule has 0 aliphatic carbocycles. The van der Waals surface area contributed by atoms with Crippen LogP contribution in [-0.4, -0.2) is 25.6 Å². The van der Waals surface area contributed by atoms with Gasteiger partial charge in [-0.25, -0.2) is 0 Å². The molecule has 0 aromatic heterocycles. The SMILES string of the molecule is Cc1ccc(-c2ccc(-c3ccc(C)cc3S(=O)(=O)O)cc2)cc1.O=S(=O)=O. The van der Waals surface area contributed by atoms with E-state index in [0.29, 0.717) is 5.56 Å². The van der Waals surface area contributed by atoms with Gasteiger partial charge in [0.05, 0.1) is 0 Å². The molecular weight excluding hydrogens is 400 g/mol. The molecule has 146 valence electrons. The molecule has 0 aliphatic heterocycles. The Morgan fingerprint density at radius 1 is 0.679 bits per heavy atom. The Labute approximate surface area is 165 Å². The topological polar surface area (TPSA) is 106 Å². The average molecular weight is 418 g/mol. The van der Waals surface area contributed by atoms with Crippen molar-refractivity contribution in [2.24, 2.45) is 0 Å². The van der Waals surface area contributed by atoms with Crippen LogP contribution in [0.1, 0.15) is 11.1 Å². The Hall–Kier alpha value is -2.81. The molecule has 28 heavy (non-hydrogen) atoms. The van der Waals surface area contributed by atoms with Crippen LogP contribution in [0.15, 0.2) is 71.6 Å². The summed E-state index contributed by atoms with van der Waals surface area (Å²) in [6.07, 6.45) is 0. The summed E-state index contributed by atoms with van der Waals surface area (Å²) in [5.41, 5.74) is 5.39. The van der Waals surface area contributed by atoms with Crippen molar-refractivity contribution < 1.29 is 25.6 Å². The highest BCUT2D eigenvalue weighted by Gasteiger charge is 2.16. The van der Waals surface area contributed by atoms with Crippen LogP contribution in [-0.2, 0) is 20.7 Å². The van der Waals surface area contributed by atoms with Crippen LogP contribution in [0.3, 0.4) is 0 Å². The van der Waals surface area contributed by atoms with Gasteiger partial charge >= 0.3 is 10.6 Å². The predicted octanol–water partition coefficient (Wildman–Crippen LogP) is 3.88. The Balaban J connectivity index is 0.000000640. The van der Waals surface area contributed by atoms with Crippen molar-refractivity contribution in [3.63, 3.8) is 0 Å². The zero-order valence-corrected chi connectivity index (χ0v) is 16.8. The fraction of sp³-hybridized carbons (Fsp3) is 0.100. The van der Waals surface area contributed by atoms with E-state index in [0.717, 1.165) is 22.3 Å². The molecule has 3 rings (SSSR count). The molecule has 0 spiro atoms. The van der Waals surface area contributed by atoms with Gasteiger partial charge in [-0.2, -0.15) is 8.42 Å². The molecule has 0 heterocycles. The van der Waals surface area contributed by atoms with Gasteiger partial charge in [-0.1, -0.05) is 66.2 Å². The van der Waals surface area contributed by atoms with Gasteiger partial charge in [0.2, 0.25) is 0 Å². The smallest absolute Gasteiger partial charge is 0.282 e. The second kappa shape index (κ2) is 8.92. The van der Waals surface area contributed by atoms with Gasteiger partial charge in [-0.15, -0.1) is 12.6 Å². The first-order valence-electron chi connectivity index (χ1n) is 8.10. The molecule has 0 unspecified atom stereocenters. The summed E-state index contributed by atoms with van der Waals surface area (Å²) in [5, 5.41) is 0. The first-order chi connectivity index (χ1) is 13.1. The van der Waals surface area contributed by atoms with E-state index in [1.807, 2.05) is 37.3 Å². The third-order valence-corrected chi connectivity index (χ3v) is 4.89. The van der Waals surface area contributed by atoms with Crippen molar-refractivity contribution in [2.45, 2.75) is 18.7 Å². The van der Waals surface area contributed by atoms with E-state index in [4.69, 9.17) is 12.6 Å². The minimum atomic E-state index is -4.27. The van der Waals surface area contributed by atoms with Gasteiger partial charge in [0, 0.05) is 5.56 Å². The molecule has 1 N–H and O–H groups in total. The first kappa shape index (κ1) is 21.5. The zero-order valence-electron chi connectivity index (χ0n) is 15.2. The van der Waals surface area contributed by atoms with E-state index in [-0.39, 0.29) is 4.90 Å². The van der Waals surface area contributed by atoms with Crippen LogP contribution in [0, 0.1) is 13.8 Å². The molecule has 0 amide bonds. The molecule has 0 saturated heterocycles. The maximum atomic E-state index is 11.7. The minimum absolute atomic E-state index is 0.0643. The van der Waals surface area contributed by atoms with Gasteiger partial charge in [-0.3, -0.25) is 4.55 Å². The maximum Gasteiger partial charge on any atom is 0.425 e. The molecule has 6 nitrogen and oxygen atoms in total. The molecule has 0 atom stereocenters. The Morgan fingerprint density at radius 3 is 1.54 bits per heavy atom. The number of hydrogen-bond acceptors (Lipinski definition) is 5. The molecule has 3 aromatic rings. The van der Waals surface area contributed by atoms with E-state index in [1.54, 1.807) is 13.0 Å². The number of rotatable bonds is 3. The fourth-order valence-electron chi connectivity index (χ4n) is 2.67. The summed E-state index contributed by atoms with van der Waals surface area (Å²) in [6.45, 7) is 3.83. The quantitative estimate of drug-likeness (QED) is 0.647. The van der Waals surface area contributed by atoms with Crippen LogP contribution >= 0.6 is 0 Å². The van der Waals surface area contributed by atoms with Gasteiger partial charge in [0.25, 0.3) is 10.1 Å². The summed E-state index contributed by atoms with van der Waals surface area (Å²) in [7, 11) is -7.38. The van der Waals surface area contributed by atoms with E-state index in [9.17, 15) is 13.0 Å². The van der Waals surface area contributed by atoms with E-state index >= 15 is 0 Å². The van der Waals surface area contributed by atoms with E-state index in [1.165, 1.54) is 11.6 Å². The summed E-state index contributed by atoms with van der Waals surface area (Å²) in [6, 6.07) is 20.9. The Bertz CT molecular complexity index is 1170. The van der Waals surface area contributed by atoms with Crippen molar-refractivity contribution >= 4 is 20.7 Å². The molecule has 0 aliphatic rings. The third kappa shape index (κ3) is 5.85. The molecule has 0 radical (unpaired) electrons. The lowest BCUT2D eigenvalue weighted by Crippen LogP contribution is -2.01. The van der Waals surface area contributed by atoms with Crippen LogP contribution < -0.4 is 0 Å². The standard InChI is InChI=1S/C20H18O3S.O3S/c1-14-3-6-16(7-4-14)17-8-10-18(11-9-17)19-12-5-15(2)13-20(19)24(21,22)23;1-4(2)3/h3-13H,1-2H3,(H,21,22,23);. The van der Waals surface area contributed by atoms with Crippen molar-refractivity contribution in [1.82, 2.24) is 0 Å². The van der Waals surface area contributed by atoms with E-state index < -0.39 is 20.7 Å². The zero-order chi connectivity index (χ0) is 20.9. The lowest BCUT2D eigenvalue weighted by Gasteiger charge is -2.10.